The van der Waals surface area contributed by atoms with Crippen LogP contribution in [-0.2, 0) is 4.74 Å². The highest BCUT2D eigenvalue weighted by molar-refractivity contribution is 7.13. The molecule has 1 saturated heterocycles. The van der Waals surface area contributed by atoms with Crippen LogP contribution in [0, 0.1) is 0 Å². The van der Waals surface area contributed by atoms with Gasteiger partial charge in [-0.05, 0) is 31.6 Å². The maximum Gasteiger partial charge on any atom is 0.226 e. The molecule has 1 aliphatic heterocycles. The summed E-state index contributed by atoms with van der Waals surface area (Å²) in [6, 6.07) is 6.02. The first kappa shape index (κ1) is 19.7. The second-order valence-corrected chi connectivity index (χ2v) is 7.95. The molecule has 0 bridgehead atoms. The van der Waals surface area contributed by atoms with Gasteiger partial charge in [0, 0.05) is 44.1 Å². The minimum absolute atomic E-state index is 0.626. The van der Waals surface area contributed by atoms with Crippen molar-refractivity contribution in [3.8, 4) is 21.8 Å². The van der Waals surface area contributed by atoms with Crippen LogP contribution in [0.5, 0.6) is 0 Å². The van der Waals surface area contributed by atoms with Gasteiger partial charge in [-0.25, -0.2) is 19.9 Å². The first-order chi connectivity index (χ1) is 14.2. The van der Waals surface area contributed by atoms with Gasteiger partial charge >= 0.3 is 0 Å². The van der Waals surface area contributed by atoms with Crippen LogP contribution in [0.1, 0.15) is 0 Å². The number of thiophene rings is 1. The number of aromatic nitrogens is 4. The Labute approximate surface area is 174 Å². The summed E-state index contributed by atoms with van der Waals surface area (Å²) in [7, 11) is 4.09. The molecular formula is C20H25N7OS. The van der Waals surface area contributed by atoms with Crippen LogP contribution in [0.3, 0.4) is 0 Å². The lowest BCUT2D eigenvalue weighted by Gasteiger charge is -2.26. The van der Waals surface area contributed by atoms with Crippen molar-refractivity contribution in [3.05, 3.63) is 36.0 Å². The lowest BCUT2D eigenvalue weighted by atomic mass is 10.1. The standard InChI is InChI=1S/C20H25N7OS/c1-26(2)8-7-21-19-23-14-15(18(25-19)17-4-3-13-29-17)16-5-6-22-20(24-16)27-9-11-28-12-10-27/h3-6,13-14H,7-12H2,1-2H3,(H,21,23,25). The normalized spacial score (nSPS) is 14.4. The first-order valence-corrected chi connectivity index (χ1v) is 10.5. The van der Waals surface area contributed by atoms with E-state index in [9.17, 15) is 0 Å². The highest BCUT2D eigenvalue weighted by atomic mass is 32.1. The molecule has 3 aromatic rings. The van der Waals surface area contributed by atoms with E-state index in [-0.39, 0.29) is 0 Å². The number of ether oxygens (including phenoxy) is 1. The van der Waals surface area contributed by atoms with Crippen molar-refractivity contribution < 1.29 is 4.74 Å². The highest BCUT2D eigenvalue weighted by Gasteiger charge is 2.17. The van der Waals surface area contributed by atoms with Gasteiger partial charge in [0.1, 0.15) is 0 Å². The fourth-order valence-electron chi connectivity index (χ4n) is 3.06. The Bertz CT molecular complexity index is 926. The first-order valence-electron chi connectivity index (χ1n) is 9.66. The third-order valence-corrected chi connectivity index (χ3v) is 5.47. The summed E-state index contributed by atoms with van der Waals surface area (Å²) in [5.74, 6) is 1.34. The average Bonchev–Trinajstić information content (AvgIpc) is 3.29. The van der Waals surface area contributed by atoms with E-state index in [0.29, 0.717) is 19.2 Å². The van der Waals surface area contributed by atoms with Crippen LogP contribution in [0.25, 0.3) is 21.8 Å². The molecule has 4 heterocycles. The van der Waals surface area contributed by atoms with Gasteiger partial charge in [0.2, 0.25) is 11.9 Å². The van der Waals surface area contributed by atoms with Gasteiger partial charge in [0.05, 0.1) is 29.5 Å². The molecule has 1 N–H and O–H groups in total. The smallest absolute Gasteiger partial charge is 0.226 e. The van der Waals surface area contributed by atoms with Gasteiger partial charge in [-0.1, -0.05) is 6.07 Å². The van der Waals surface area contributed by atoms with Crippen LogP contribution in [-0.4, -0.2) is 78.3 Å². The lowest BCUT2D eigenvalue weighted by molar-refractivity contribution is 0.122. The van der Waals surface area contributed by atoms with E-state index < -0.39 is 0 Å². The Morgan fingerprint density at radius 3 is 2.79 bits per heavy atom. The van der Waals surface area contributed by atoms with Crippen molar-refractivity contribution in [1.82, 2.24) is 24.8 Å². The molecule has 0 aromatic carbocycles. The van der Waals surface area contributed by atoms with Gasteiger partial charge < -0.3 is 19.9 Å². The molecule has 0 spiro atoms. The van der Waals surface area contributed by atoms with E-state index >= 15 is 0 Å². The Morgan fingerprint density at radius 1 is 1.17 bits per heavy atom. The average molecular weight is 412 g/mol. The molecule has 0 saturated carbocycles. The number of rotatable bonds is 7. The molecule has 9 heteroatoms. The van der Waals surface area contributed by atoms with Crippen LogP contribution >= 0.6 is 11.3 Å². The fourth-order valence-corrected chi connectivity index (χ4v) is 3.79. The molecule has 152 valence electrons. The van der Waals surface area contributed by atoms with Crippen molar-refractivity contribution in [2.45, 2.75) is 0 Å². The van der Waals surface area contributed by atoms with E-state index in [0.717, 1.165) is 54.0 Å². The van der Waals surface area contributed by atoms with Gasteiger partial charge in [0.15, 0.2) is 0 Å². The lowest BCUT2D eigenvalue weighted by Crippen LogP contribution is -2.37. The molecule has 4 rings (SSSR count). The summed E-state index contributed by atoms with van der Waals surface area (Å²) >= 11 is 1.66. The number of morpholine rings is 1. The minimum Gasteiger partial charge on any atom is -0.378 e. The predicted molar refractivity (Wildman–Crippen MR) is 116 cm³/mol. The van der Waals surface area contributed by atoms with Crippen LogP contribution < -0.4 is 10.2 Å². The molecule has 0 atom stereocenters. The Balaban J connectivity index is 1.66. The van der Waals surface area contributed by atoms with E-state index in [4.69, 9.17) is 14.7 Å². The fraction of sp³-hybridized carbons (Fsp3) is 0.400. The number of nitrogens with zero attached hydrogens (tertiary/aromatic N) is 6. The molecule has 1 aliphatic rings. The number of anilines is 2. The van der Waals surface area contributed by atoms with Gasteiger partial charge in [-0.3, -0.25) is 0 Å². The molecule has 8 nitrogen and oxygen atoms in total. The molecule has 3 aromatic heterocycles. The number of likely N-dealkylation sites (N-methyl/N-ethyl adjacent to an activating group) is 1. The third kappa shape index (κ3) is 4.87. The third-order valence-electron chi connectivity index (χ3n) is 4.60. The van der Waals surface area contributed by atoms with Crippen molar-refractivity contribution >= 4 is 23.2 Å². The number of nitrogens with one attached hydrogen (secondary N) is 1. The molecule has 0 amide bonds. The monoisotopic (exact) mass is 411 g/mol. The SMILES string of the molecule is CN(C)CCNc1ncc(-c2ccnc(N3CCOCC3)n2)c(-c2cccs2)n1. The Morgan fingerprint density at radius 2 is 2.03 bits per heavy atom. The molecule has 1 fully saturated rings. The quantitative estimate of drug-likeness (QED) is 0.635. The summed E-state index contributed by atoms with van der Waals surface area (Å²) in [6.07, 6.45) is 3.65. The Hall–Kier alpha value is -2.62. The topological polar surface area (TPSA) is 79.3 Å². The van der Waals surface area contributed by atoms with Crippen molar-refractivity contribution in [2.75, 3.05) is 63.7 Å². The van der Waals surface area contributed by atoms with Crippen molar-refractivity contribution in [3.63, 3.8) is 0 Å². The zero-order valence-corrected chi connectivity index (χ0v) is 17.5. The maximum absolute atomic E-state index is 5.44. The predicted octanol–water partition coefficient (Wildman–Crippen LogP) is 2.47. The van der Waals surface area contributed by atoms with E-state index in [2.05, 4.69) is 36.5 Å². The minimum atomic E-state index is 0.626. The summed E-state index contributed by atoms with van der Waals surface area (Å²) in [5, 5.41) is 5.36. The van der Waals surface area contributed by atoms with Crippen molar-refractivity contribution in [1.29, 1.82) is 0 Å². The summed E-state index contributed by atoms with van der Waals surface area (Å²) in [5.41, 5.74) is 2.61. The van der Waals surface area contributed by atoms with E-state index in [1.165, 1.54) is 0 Å². The van der Waals surface area contributed by atoms with Gasteiger partial charge in [0.25, 0.3) is 0 Å². The maximum atomic E-state index is 5.44. The molecule has 29 heavy (non-hydrogen) atoms. The molecule has 0 unspecified atom stereocenters. The number of hydrogen-bond acceptors (Lipinski definition) is 9. The highest BCUT2D eigenvalue weighted by Crippen LogP contribution is 2.33. The summed E-state index contributed by atoms with van der Waals surface area (Å²) in [6.45, 7) is 4.69. The second-order valence-electron chi connectivity index (χ2n) is 7.00. The van der Waals surface area contributed by atoms with Crippen LogP contribution in [0.15, 0.2) is 36.0 Å². The zero-order chi connectivity index (χ0) is 20.1. The van der Waals surface area contributed by atoms with Crippen LogP contribution in [0.4, 0.5) is 11.9 Å². The van der Waals surface area contributed by atoms with Gasteiger partial charge in [-0.15, -0.1) is 11.3 Å². The molecular weight excluding hydrogens is 386 g/mol. The summed E-state index contributed by atoms with van der Waals surface area (Å²) in [4.78, 5) is 24.0. The second kappa shape index (κ2) is 9.25. The zero-order valence-electron chi connectivity index (χ0n) is 16.7. The molecule has 0 radical (unpaired) electrons. The van der Waals surface area contributed by atoms with Crippen molar-refractivity contribution in [2.24, 2.45) is 0 Å². The van der Waals surface area contributed by atoms with Gasteiger partial charge in [-0.2, -0.15) is 0 Å². The van der Waals surface area contributed by atoms with Crippen LogP contribution in [0.2, 0.25) is 0 Å². The molecule has 0 aliphatic carbocycles. The van der Waals surface area contributed by atoms with E-state index in [1.54, 1.807) is 17.5 Å². The number of hydrogen-bond donors (Lipinski definition) is 1. The Kier molecular flexibility index (Phi) is 6.28. The summed E-state index contributed by atoms with van der Waals surface area (Å²) < 4.78 is 5.44. The van der Waals surface area contributed by atoms with E-state index in [1.807, 2.05) is 32.4 Å². The largest absolute Gasteiger partial charge is 0.378 e.